The Hall–Kier alpha value is -8.78. The van der Waals surface area contributed by atoms with E-state index >= 15 is 0 Å². The second kappa shape index (κ2) is 13.4. The maximum absolute atomic E-state index is 6.64. The molecule has 0 N–H and O–H groups in total. The van der Waals surface area contributed by atoms with E-state index in [-0.39, 0.29) is 0 Å². The molecule has 14 aromatic rings. The average molecular weight is 814 g/mol. The van der Waals surface area contributed by atoms with Crippen LogP contribution >= 0.6 is 0 Å². The van der Waals surface area contributed by atoms with Gasteiger partial charge >= 0.3 is 0 Å². The molecule has 4 heteroatoms. The molecule has 4 nitrogen and oxygen atoms in total. The molecule has 0 aliphatic carbocycles. The number of fused-ring (bicyclic) bond motifs is 12. The first-order valence-corrected chi connectivity index (χ1v) is 21.8. The number of para-hydroxylation sites is 5. The lowest BCUT2D eigenvalue weighted by Crippen LogP contribution is -1.94. The lowest BCUT2D eigenvalue weighted by atomic mass is 9.98. The molecule has 0 amide bonds. The van der Waals surface area contributed by atoms with Crippen molar-refractivity contribution in [3.8, 4) is 39.3 Å². The molecule has 296 valence electrons. The van der Waals surface area contributed by atoms with E-state index in [9.17, 15) is 0 Å². The van der Waals surface area contributed by atoms with Gasteiger partial charge in [-0.05, 0) is 119 Å². The van der Waals surface area contributed by atoms with Crippen LogP contribution in [0.2, 0.25) is 0 Å². The number of rotatable bonds is 5. The summed E-state index contributed by atoms with van der Waals surface area (Å²) >= 11 is 0. The largest absolute Gasteiger partial charge is 0.453 e. The second-order valence-electron chi connectivity index (χ2n) is 16.7. The SMILES string of the molecule is c1cc(-n2c3ccc(-c4ccc5c(c4)c4ccccc4n5-c4ccccc4)cc3c3cc(-c4ccc5c(c4)c4ccccc4n5-c4ccccc4)ccc32)c2oc3ccccc3c2c#1. The third kappa shape index (κ3) is 5.01. The molecule has 4 aromatic heterocycles. The number of hydrogen-bond acceptors (Lipinski definition) is 1. The van der Waals surface area contributed by atoms with E-state index < -0.39 is 0 Å². The van der Waals surface area contributed by atoms with E-state index in [1.165, 1.54) is 65.5 Å². The summed E-state index contributed by atoms with van der Waals surface area (Å²) < 4.78 is 13.7. The summed E-state index contributed by atoms with van der Waals surface area (Å²) in [6.45, 7) is 0. The maximum atomic E-state index is 6.64. The van der Waals surface area contributed by atoms with E-state index in [1.807, 2.05) is 18.2 Å². The molecule has 0 aliphatic heterocycles. The van der Waals surface area contributed by atoms with Crippen LogP contribution in [-0.4, -0.2) is 13.7 Å². The van der Waals surface area contributed by atoms with Gasteiger partial charge in [-0.15, -0.1) is 0 Å². The molecule has 64 heavy (non-hydrogen) atoms. The number of benzene rings is 9. The fraction of sp³-hybridized carbons (Fsp3) is 0. The van der Waals surface area contributed by atoms with Crippen LogP contribution in [0.4, 0.5) is 0 Å². The van der Waals surface area contributed by atoms with Gasteiger partial charge in [-0.3, -0.25) is 0 Å². The molecule has 4 heterocycles. The maximum Gasteiger partial charge on any atom is 0.168 e. The Morgan fingerprint density at radius 3 is 1.22 bits per heavy atom. The summed E-state index contributed by atoms with van der Waals surface area (Å²) in [4.78, 5) is 0. The van der Waals surface area contributed by atoms with Gasteiger partial charge in [0.2, 0.25) is 0 Å². The smallest absolute Gasteiger partial charge is 0.168 e. The zero-order valence-corrected chi connectivity index (χ0v) is 34.5. The van der Waals surface area contributed by atoms with Crippen LogP contribution in [0.1, 0.15) is 0 Å². The Labute approximate surface area is 367 Å². The minimum absolute atomic E-state index is 0.799. The molecular weight excluding hydrogens is 779 g/mol. The quantitative estimate of drug-likeness (QED) is 0.170. The van der Waals surface area contributed by atoms with Crippen molar-refractivity contribution in [2.24, 2.45) is 0 Å². The van der Waals surface area contributed by atoms with E-state index in [2.05, 4.69) is 220 Å². The van der Waals surface area contributed by atoms with E-state index in [0.717, 1.165) is 61.2 Å². The van der Waals surface area contributed by atoms with Crippen molar-refractivity contribution in [3.05, 3.63) is 224 Å². The lowest BCUT2D eigenvalue weighted by Gasteiger charge is -2.09. The van der Waals surface area contributed by atoms with Crippen LogP contribution in [0.5, 0.6) is 0 Å². The third-order valence-electron chi connectivity index (χ3n) is 13.3. The molecule has 0 saturated heterocycles. The molecule has 0 radical (unpaired) electrons. The van der Waals surface area contributed by atoms with Crippen molar-refractivity contribution >= 4 is 87.4 Å². The molecule has 10 aromatic carbocycles. The Morgan fingerprint density at radius 1 is 0.328 bits per heavy atom. The number of nitrogens with zero attached hydrogens (tertiary/aromatic N) is 3. The third-order valence-corrected chi connectivity index (χ3v) is 13.3. The van der Waals surface area contributed by atoms with Gasteiger partial charge < -0.3 is 18.1 Å². The number of hydrogen-bond donors (Lipinski definition) is 0. The van der Waals surface area contributed by atoms with Crippen molar-refractivity contribution in [2.75, 3.05) is 0 Å². The average Bonchev–Trinajstić information content (AvgIpc) is 4.10. The molecule has 0 aliphatic rings. The highest BCUT2D eigenvalue weighted by atomic mass is 16.3. The van der Waals surface area contributed by atoms with Crippen molar-refractivity contribution in [1.29, 1.82) is 0 Å². The molecule has 0 saturated carbocycles. The van der Waals surface area contributed by atoms with Crippen LogP contribution in [-0.2, 0) is 0 Å². The zero-order valence-electron chi connectivity index (χ0n) is 34.5. The van der Waals surface area contributed by atoms with Gasteiger partial charge in [0.25, 0.3) is 0 Å². The zero-order chi connectivity index (χ0) is 41.9. The van der Waals surface area contributed by atoms with E-state index in [0.29, 0.717) is 0 Å². The fourth-order valence-corrected chi connectivity index (χ4v) is 10.4. The fourth-order valence-electron chi connectivity index (χ4n) is 10.4. The summed E-state index contributed by atoms with van der Waals surface area (Å²) in [5.41, 5.74) is 16.5. The minimum Gasteiger partial charge on any atom is -0.453 e. The van der Waals surface area contributed by atoms with Crippen LogP contribution < -0.4 is 0 Å². The van der Waals surface area contributed by atoms with Crippen LogP contribution in [0.25, 0.3) is 127 Å². The van der Waals surface area contributed by atoms with Gasteiger partial charge in [0.05, 0.1) is 44.2 Å². The highest BCUT2D eigenvalue weighted by molar-refractivity contribution is 6.16. The lowest BCUT2D eigenvalue weighted by molar-refractivity contribution is 0.666. The van der Waals surface area contributed by atoms with E-state index in [4.69, 9.17) is 4.42 Å². The second-order valence-corrected chi connectivity index (χ2v) is 16.7. The van der Waals surface area contributed by atoms with Gasteiger partial charge in [0.1, 0.15) is 5.58 Å². The predicted molar refractivity (Wildman–Crippen MR) is 265 cm³/mol. The highest BCUT2D eigenvalue weighted by Gasteiger charge is 2.21. The van der Waals surface area contributed by atoms with Gasteiger partial charge in [-0.25, -0.2) is 0 Å². The first kappa shape index (κ1) is 34.9. The van der Waals surface area contributed by atoms with Gasteiger partial charge in [-0.1, -0.05) is 121 Å². The van der Waals surface area contributed by atoms with Crippen molar-refractivity contribution in [3.63, 3.8) is 0 Å². The molecule has 0 bridgehead atoms. The normalized spacial score (nSPS) is 11.9. The standard InChI is InChI=1S/C60H35N3O/c1-3-14-42(15-4-1)61-52-22-10-7-18-44(52)48-34-38(26-30-54(48)61)40-28-32-56-50(36-40)51-37-41(29-33-57(51)63(56)58-24-13-21-47-46-20-9-12-25-59(46)64-60(47)58)39-27-31-55-49(35-39)45-19-8-11-23-53(45)62(55)43-16-5-2-6-17-43/h1-12,14-20,22-37H. The van der Waals surface area contributed by atoms with E-state index in [1.54, 1.807) is 0 Å². The molecule has 14 rings (SSSR count). The predicted octanol–water partition coefficient (Wildman–Crippen LogP) is 15.8. The van der Waals surface area contributed by atoms with Gasteiger partial charge in [0, 0.05) is 55.1 Å². The van der Waals surface area contributed by atoms with Crippen molar-refractivity contribution < 1.29 is 4.42 Å². The first-order valence-electron chi connectivity index (χ1n) is 21.8. The van der Waals surface area contributed by atoms with Crippen LogP contribution in [0, 0.1) is 12.1 Å². The minimum atomic E-state index is 0.799. The summed E-state index contributed by atoms with van der Waals surface area (Å²) in [5, 5.41) is 9.24. The molecule has 0 atom stereocenters. The molecular formula is C60H35N3O. The van der Waals surface area contributed by atoms with Crippen LogP contribution in [0.15, 0.2) is 217 Å². The Kier molecular flexibility index (Phi) is 7.28. The first-order chi connectivity index (χ1) is 31.7. The molecule has 0 spiro atoms. The summed E-state index contributed by atoms with van der Waals surface area (Å²) in [6, 6.07) is 83.3. The summed E-state index contributed by atoms with van der Waals surface area (Å²) in [7, 11) is 0. The monoisotopic (exact) mass is 813 g/mol. The Bertz CT molecular complexity index is 3970. The Morgan fingerprint density at radius 2 is 0.719 bits per heavy atom. The number of aromatic nitrogens is 3. The summed E-state index contributed by atoms with van der Waals surface area (Å²) in [5.74, 6) is 0. The highest BCUT2D eigenvalue weighted by Crippen LogP contribution is 2.42. The number of furan rings is 1. The molecule has 0 unspecified atom stereocenters. The van der Waals surface area contributed by atoms with Gasteiger partial charge in [0.15, 0.2) is 5.58 Å². The Balaban J connectivity index is 0.997. The van der Waals surface area contributed by atoms with Crippen molar-refractivity contribution in [2.45, 2.75) is 0 Å². The van der Waals surface area contributed by atoms with Crippen molar-refractivity contribution in [1.82, 2.24) is 13.7 Å². The summed E-state index contributed by atoms with van der Waals surface area (Å²) in [6.07, 6.45) is 0. The molecule has 0 fully saturated rings. The topological polar surface area (TPSA) is 27.9 Å². The van der Waals surface area contributed by atoms with Crippen LogP contribution in [0.3, 0.4) is 0 Å². The van der Waals surface area contributed by atoms with Gasteiger partial charge in [-0.2, -0.15) is 0 Å².